The van der Waals surface area contributed by atoms with Crippen LogP contribution in [0.25, 0.3) is 0 Å². The van der Waals surface area contributed by atoms with E-state index in [1.807, 2.05) is 0 Å². The Morgan fingerprint density at radius 3 is 2.55 bits per heavy atom. The monoisotopic (exact) mass is 273 g/mol. The first-order valence-electron chi connectivity index (χ1n) is 6.05. The van der Waals surface area contributed by atoms with Crippen LogP contribution in [0.3, 0.4) is 0 Å². The Hall–Kier alpha value is -2.38. The molecule has 2 rings (SSSR count). The molecular formula is C16H13F2NO. The Morgan fingerprint density at radius 2 is 1.85 bits per heavy atom. The van der Waals surface area contributed by atoms with Gasteiger partial charge in [-0.25, -0.2) is 8.78 Å². The number of hydrogen-bond acceptors (Lipinski definition) is 2. The van der Waals surface area contributed by atoms with Gasteiger partial charge in [0.15, 0.2) is 11.6 Å². The third kappa shape index (κ3) is 3.56. The third-order valence-corrected chi connectivity index (χ3v) is 2.61. The lowest BCUT2D eigenvalue weighted by molar-refractivity contribution is 0.285. The molecule has 0 heterocycles. The minimum atomic E-state index is -0.474. The van der Waals surface area contributed by atoms with Crippen molar-refractivity contribution < 1.29 is 13.5 Å². The summed E-state index contributed by atoms with van der Waals surface area (Å²) in [5.74, 6) is 4.57. The summed E-state index contributed by atoms with van der Waals surface area (Å²) < 4.78 is 32.4. The maximum absolute atomic E-state index is 13.8. The molecule has 0 saturated heterocycles. The van der Waals surface area contributed by atoms with Crippen molar-refractivity contribution in [3.63, 3.8) is 0 Å². The fraction of sp³-hybridized carbons (Fsp3) is 0.125. The minimum Gasteiger partial charge on any atom is -0.486 e. The Bertz CT molecular complexity index is 659. The molecule has 0 aliphatic rings. The Balaban J connectivity index is 2.09. The van der Waals surface area contributed by atoms with E-state index in [0.29, 0.717) is 11.1 Å². The quantitative estimate of drug-likeness (QED) is 0.873. The fourth-order valence-electron chi connectivity index (χ4n) is 1.61. The molecule has 0 saturated carbocycles. The van der Waals surface area contributed by atoms with Crippen LogP contribution in [0.5, 0.6) is 5.75 Å². The third-order valence-electron chi connectivity index (χ3n) is 2.61. The molecule has 20 heavy (non-hydrogen) atoms. The summed E-state index contributed by atoms with van der Waals surface area (Å²) in [4.78, 5) is 0. The molecule has 0 radical (unpaired) electrons. The van der Waals surface area contributed by atoms with Crippen molar-refractivity contribution in [2.45, 2.75) is 6.61 Å². The lowest BCUT2D eigenvalue weighted by Gasteiger charge is -2.08. The van der Waals surface area contributed by atoms with Crippen LogP contribution in [-0.4, -0.2) is 6.54 Å². The molecule has 2 nitrogen and oxygen atoms in total. The van der Waals surface area contributed by atoms with Gasteiger partial charge in [0.2, 0.25) is 0 Å². The number of nitrogens with two attached hydrogens (primary N) is 1. The van der Waals surface area contributed by atoms with E-state index in [0.717, 1.165) is 0 Å². The number of halogens is 2. The molecule has 0 unspecified atom stereocenters. The highest BCUT2D eigenvalue weighted by atomic mass is 19.1. The summed E-state index contributed by atoms with van der Waals surface area (Å²) in [6.45, 7) is 0.178. The van der Waals surface area contributed by atoms with Gasteiger partial charge in [-0.05, 0) is 24.3 Å². The van der Waals surface area contributed by atoms with E-state index in [9.17, 15) is 8.78 Å². The number of para-hydroxylation sites is 1. The number of hydrogen-bond donors (Lipinski definition) is 1. The van der Waals surface area contributed by atoms with Crippen LogP contribution < -0.4 is 10.5 Å². The molecule has 0 bridgehead atoms. The van der Waals surface area contributed by atoms with Gasteiger partial charge in [-0.15, -0.1) is 0 Å². The highest BCUT2D eigenvalue weighted by molar-refractivity contribution is 5.37. The van der Waals surface area contributed by atoms with E-state index in [1.54, 1.807) is 24.3 Å². The summed E-state index contributed by atoms with van der Waals surface area (Å²) in [7, 11) is 0. The van der Waals surface area contributed by atoms with Crippen LogP contribution >= 0.6 is 0 Å². The number of ether oxygens (including phenoxy) is 1. The lowest BCUT2D eigenvalue weighted by atomic mass is 10.1. The molecule has 2 N–H and O–H groups in total. The van der Waals surface area contributed by atoms with Crippen molar-refractivity contribution in [1.29, 1.82) is 0 Å². The van der Waals surface area contributed by atoms with Crippen molar-refractivity contribution in [1.82, 2.24) is 0 Å². The number of benzene rings is 2. The first-order chi connectivity index (χ1) is 9.70. The van der Waals surface area contributed by atoms with E-state index in [-0.39, 0.29) is 18.9 Å². The van der Waals surface area contributed by atoms with Gasteiger partial charge in [-0.1, -0.05) is 30.0 Å². The van der Waals surface area contributed by atoms with Gasteiger partial charge in [0.25, 0.3) is 0 Å². The van der Waals surface area contributed by atoms with Crippen LogP contribution in [0.1, 0.15) is 11.1 Å². The second-order valence-electron chi connectivity index (χ2n) is 4.03. The summed E-state index contributed by atoms with van der Waals surface area (Å²) in [6.07, 6.45) is 0. The summed E-state index contributed by atoms with van der Waals surface area (Å²) in [6, 6.07) is 10.5. The second kappa shape index (κ2) is 6.69. The Morgan fingerprint density at radius 1 is 1.05 bits per heavy atom. The van der Waals surface area contributed by atoms with Gasteiger partial charge in [0, 0.05) is 11.1 Å². The topological polar surface area (TPSA) is 35.2 Å². The Labute approximate surface area is 116 Å². The first-order valence-corrected chi connectivity index (χ1v) is 6.05. The zero-order chi connectivity index (χ0) is 14.4. The van der Waals surface area contributed by atoms with Gasteiger partial charge >= 0.3 is 0 Å². The van der Waals surface area contributed by atoms with E-state index < -0.39 is 11.6 Å². The molecule has 0 amide bonds. The lowest BCUT2D eigenvalue weighted by Crippen LogP contribution is -2.00. The molecule has 0 spiro atoms. The van der Waals surface area contributed by atoms with Crippen molar-refractivity contribution in [3.8, 4) is 17.6 Å². The van der Waals surface area contributed by atoms with E-state index in [2.05, 4.69) is 11.8 Å². The highest BCUT2D eigenvalue weighted by Gasteiger charge is 2.06. The highest BCUT2D eigenvalue weighted by Crippen LogP contribution is 2.18. The van der Waals surface area contributed by atoms with Crippen LogP contribution in [0, 0.1) is 23.5 Å². The van der Waals surface area contributed by atoms with Gasteiger partial charge in [-0.2, -0.15) is 0 Å². The Kier molecular flexibility index (Phi) is 4.70. The number of rotatable bonds is 3. The molecule has 2 aromatic rings. The average molecular weight is 273 g/mol. The second-order valence-corrected chi connectivity index (χ2v) is 4.03. The largest absolute Gasteiger partial charge is 0.486 e. The van der Waals surface area contributed by atoms with Crippen molar-refractivity contribution in [2.24, 2.45) is 5.73 Å². The van der Waals surface area contributed by atoms with Gasteiger partial charge in [0.1, 0.15) is 12.4 Å². The van der Waals surface area contributed by atoms with Crippen molar-refractivity contribution in [3.05, 3.63) is 65.2 Å². The summed E-state index contributed by atoms with van der Waals surface area (Å²) in [5.41, 5.74) is 6.13. The molecular weight excluding hydrogens is 260 g/mol. The molecule has 2 aromatic carbocycles. The zero-order valence-electron chi connectivity index (χ0n) is 10.7. The predicted molar refractivity (Wildman–Crippen MR) is 73.1 cm³/mol. The smallest absolute Gasteiger partial charge is 0.165 e. The van der Waals surface area contributed by atoms with Crippen LogP contribution in [0.15, 0.2) is 42.5 Å². The zero-order valence-corrected chi connectivity index (χ0v) is 10.7. The van der Waals surface area contributed by atoms with E-state index in [4.69, 9.17) is 10.5 Å². The summed E-state index contributed by atoms with van der Waals surface area (Å²) in [5, 5.41) is 0. The molecule has 0 aromatic heterocycles. The first kappa shape index (κ1) is 14.0. The molecule has 0 fully saturated rings. The normalized spacial score (nSPS) is 9.75. The molecule has 4 heteroatoms. The molecule has 0 aliphatic heterocycles. The van der Waals surface area contributed by atoms with Crippen molar-refractivity contribution >= 4 is 0 Å². The van der Waals surface area contributed by atoms with Gasteiger partial charge in [0.05, 0.1) is 6.54 Å². The fourth-order valence-corrected chi connectivity index (χ4v) is 1.61. The predicted octanol–water partition coefficient (Wildman–Crippen LogP) is 2.85. The van der Waals surface area contributed by atoms with Crippen LogP contribution in [0.2, 0.25) is 0 Å². The van der Waals surface area contributed by atoms with Crippen LogP contribution in [-0.2, 0) is 6.61 Å². The van der Waals surface area contributed by atoms with Gasteiger partial charge in [-0.3, -0.25) is 0 Å². The molecule has 0 atom stereocenters. The molecule has 0 aliphatic carbocycles. The van der Waals surface area contributed by atoms with Gasteiger partial charge < -0.3 is 10.5 Å². The summed E-state index contributed by atoms with van der Waals surface area (Å²) >= 11 is 0. The maximum Gasteiger partial charge on any atom is 0.165 e. The van der Waals surface area contributed by atoms with Crippen molar-refractivity contribution in [2.75, 3.05) is 6.54 Å². The van der Waals surface area contributed by atoms with E-state index >= 15 is 0 Å². The standard InChI is InChI=1S/C16H13F2NO/c17-14-5-1-2-6-16(14)20-11-13-8-7-12(4-3-9-19)10-15(13)18/h1-2,5-8,10H,9,11,19H2. The maximum atomic E-state index is 13.8. The average Bonchev–Trinajstić information content (AvgIpc) is 2.45. The SMILES string of the molecule is NCC#Cc1ccc(COc2ccccc2F)c(F)c1. The molecule has 102 valence electrons. The minimum absolute atomic E-state index is 0.0443. The van der Waals surface area contributed by atoms with Crippen LogP contribution in [0.4, 0.5) is 8.78 Å². The van der Waals surface area contributed by atoms with E-state index in [1.165, 1.54) is 18.2 Å².